The van der Waals surface area contributed by atoms with Crippen LogP contribution < -0.4 is 4.74 Å². The van der Waals surface area contributed by atoms with Crippen molar-refractivity contribution in [2.24, 2.45) is 0 Å². The number of carbonyl (C=O) groups excluding carboxylic acids is 1. The second-order valence-electron chi connectivity index (χ2n) is 3.78. The number of benzene rings is 1. The van der Waals surface area contributed by atoms with Gasteiger partial charge in [-0.3, -0.25) is 9.78 Å². The van der Waals surface area contributed by atoms with E-state index in [1.807, 2.05) is 0 Å². The summed E-state index contributed by atoms with van der Waals surface area (Å²) in [5.41, 5.74) is 0.991. The predicted molar refractivity (Wildman–Crippen MR) is 66.8 cm³/mol. The van der Waals surface area contributed by atoms with Crippen LogP contribution >= 0.6 is 11.6 Å². The molecule has 0 N–H and O–H groups in total. The Bertz CT molecular complexity index is 644. The molecule has 0 atom stereocenters. The van der Waals surface area contributed by atoms with E-state index in [1.165, 1.54) is 30.5 Å². The topological polar surface area (TPSA) is 39.2 Å². The normalized spacial score (nSPS) is 11.2. The maximum atomic E-state index is 12.1. The van der Waals surface area contributed by atoms with Crippen molar-refractivity contribution in [1.82, 2.24) is 4.98 Å². The first kappa shape index (κ1) is 14.3. The van der Waals surface area contributed by atoms with E-state index in [2.05, 4.69) is 9.72 Å². The monoisotopic (exact) mass is 301 g/mol. The van der Waals surface area contributed by atoms with Crippen LogP contribution in [-0.4, -0.2) is 17.6 Å². The number of aromatic nitrogens is 1. The molecule has 0 aliphatic carbocycles. The highest BCUT2D eigenvalue weighted by Gasteiger charge is 2.31. The summed E-state index contributed by atoms with van der Waals surface area (Å²) < 4.78 is 40.3. The van der Waals surface area contributed by atoms with E-state index < -0.39 is 6.36 Å². The average molecular weight is 302 g/mol. The van der Waals surface area contributed by atoms with Crippen LogP contribution in [0.1, 0.15) is 10.5 Å². The van der Waals surface area contributed by atoms with Gasteiger partial charge in [0.1, 0.15) is 11.4 Å². The van der Waals surface area contributed by atoms with Gasteiger partial charge in [0.2, 0.25) is 0 Å². The second kappa shape index (κ2) is 5.50. The maximum Gasteiger partial charge on any atom is 0.573 e. The molecule has 0 aliphatic heterocycles. The van der Waals surface area contributed by atoms with Crippen molar-refractivity contribution in [2.45, 2.75) is 6.36 Å². The summed E-state index contributed by atoms with van der Waals surface area (Å²) in [5, 5.41) is 0.125. The molecule has 0 bridgehead atoms. The molecule has 1 aromatic heterocycles. The fourth-order valence-corrected chi connectivity index (χ4v) is 1.78. The van der Waals surface area contributed by atoms with Gasteiger partial charge in [-0.25, -0.2) is 0 Å². The molecule has 0 spiro atoms. The quantitative estimate of drug-likeness (QED) is 0.801. The third-order valence-corrected chi connectivity index (χ3v) is 2.68. The summed E-state index contributed by atoms with van der Waals surface area (Å²) >= 11 is 5.82. The zero-order valence-corrected chi connectivity index (χ0v) is 10.6. The highest BCUT2D eigenvalue weighted by atomic mass is 35.5. The van der Waals surface area contributed by atoms with Crippen LogP contribution in [-0.2, 0) is 0 Å². The van der Waals surface area contributed by atoms with E-state index in [9.17, 15) is 18.0 Å². The molecule has 2 aromatic rings. The van der Waals surface area contributed by atoms with Gasteiger partial charge in [0, 0.05) is 11.8 Å². The van der Waals surface area contributed by atoms with E-state index in [0.717, 1.165) is 0 Å². The number of nitrogens with zero attached hydrogens (tertiary/aromatic N) is 1. The minimum Gasteiger partial charge on any atom is -0.406 e. The second-order valence-corrected chi connectivity index (χ2v) is 4.19. The summed E-state index contributed by atoms with van der Waals surface area (Å²) in [7, 11) is 0. The molecule has 1 aromatic carbocycles. The number of carbonyl (C=O) groups is 1. The lowest BCUT2D eigenvalue weighted by Crippen LogP contribution is -2.17. The van der Waals surface area contributed by atoms with E-state index in [1.54, 1.807) is 6.07 Å². The Morgan fingerprint density at radius 3 is 2.55 bits per heavy atom. The van der Waals surface area contributed by atoms with Gasteiger partial charge in [-0.1, -0.05) is 23.7 Å². The molecule has 2 rings (SSSR count). The van der Waals surface area contributed by atoms with Crippen LogP contribution in [0, 0.1) is 0 Å². The minimum atomic E-state index is -4.75. The Balaban J connectivity index is 2.36. The standard InChI is InChI=1S/C13H7ClF3NO2/c14-11-5-9(6-18-12(11)7-19)8-2-1-3-10(4-8)20-13(15,16)17/h1-7H. The molecule has 0 radical (unpaired) electrons. The molecule has 0 aliphatic rings. The molecule has 0 fully saturated rings. The lowest BCUT2D eigenvalue weighted by Gasteiger charge is -2.10. The van der Waals surface area contributed by atoms with Crippen molar-refractivity contribution in [2.75, 3.05) is 0 Å². The first-order chi connectivity index (χ1) is 9.39. The Kier molecular flexibility index (Phi) is 3.94. The van der Waals surface area contributed by atoms with Gasteiger partial charge in [-0.15, -0.1) is 13.2 Å². The molecule has 3 nitrogen and oxygen atoms in total. The first-order valence-corrected chi connectivity index (χ1v) is 5.74. The van der Waals surface area contributed by atoms with Crippen molar-refractivity contribution < 1.29 is 22.7 Å². The fraction of sp³-hybridized carbons (Fsp3) is 0.0769. The van der Waals surface area contributed by atoms with Gasteiger partial charge < -0.3 is 4.74 Å². The molecule has 20 heavy (non-hydrogen) atoms. The van der Waals surface area contributed by atoms with Gasteiger partial charge in [0.15, 0.2) is 6.29 Å². The van der Waals surface area contributed by atoms with Gasteiger partial charge in [-0.05, 0) is 23.8 Å². The third kappa shape index (κ3) is 3.48. The summed E-state index contributed by atoms with van der Waals surface area (Å²) in [5.74, 6) is -0.342. The summed E-state index contributed by atoms with van der Waals surface area (Å²) in [6, 6.07) is 6.84. The molecule has 0 saturated carbocycles. The minimum absolute atomic E-state index is 0.0677. The molecule has 0 unspecified atom stereocenters. The summed E-state index contributed by atoms with van der Waals surface area (Å²) in [4.78, 5) is 14.4. The van der Waals surface area contributed by atoms with Gasteiger partial charge in [0.25, 0.3) is 0 Å². The first-order valence-electron chi connectivity index (χ1n) is 5.36. The number of hydrogen-bond donors (Lipinski definition) is 0. The Morgan fingerprint density at radius 1 is 1.20 bits per heavy atom. The van der Waals surface area contributed by atoms with Crippen LogP contribution in [0.15, 0.2) is 36.5 Å². The van der Waals surface area contributed by atoms with Gasteiger partial charge in [0.05, 0.1) is 5.02 Å². The summed E-state index contributed by atoms with van der Waals surface area (Å²) in [6.07, 6.45) is -2.91. The molecule has 0 amide bonds. The zero-order chi connectivity index (χ0) is 14.8. The van der Waals surface area contributed by atoms with Crippen molar-refractivity contribution in [3.63, 3.8) is 0 Å². The van der Waals surface area contributed by atoms with E-state index in [4.69, 9.17) is 11.6 Å². The number of rotatable bonds is 3. The lowest BCUT2D eigenvalue weighted by molar-refractivity contribution is -0.274. The van der Waals surface area contributed by atoms with E-state index in [0.29, 0.717) is 17.4 Å². The molecule has 7 heteroatoms. The van der Waals surface area contributed by atoms with Crippen LogP contribution in [0.2, 0.25) is 5.02 Å². The Hall–Kier alpha value is -2.08. The number of aldehydes is 1. The Morgan fingerprint density at radius 2 is 1.95 bits per heavy atom. The van der Waals surface area contributed by atoms with Crippen LogP contribution in [0.5, 0.6) is 5.75 Å². The fourth-order valence-electron chi connectivity index (χ4n) is 1.57. The molecule has 104 valence electrons. The van der Waals surface area contributed by atoms with E-state index in [-0.39, 0.29) is 16.5 Å². The molecule has 0 saturated heterocycles. The predicted octanol–water partition coefficient (Wildman–Crippen LogP) is 4.11. The molecule has 1 heterocycles. The number of halogens is 4. The lowest BCUT2D eigenvalue weighted by atomic mass is 10.1. The number of alkyl halides is 3. The highest BCUT2D eigenvalue weighted by molar-refractivity contribution is 6.32. The van der Waals surface area contributed by atoms with Crippen molar-refractivity contribution in [1.29, 1.82) is 0 Å². The van der Waals surface area contributed by atoms with Crippen molar-refractivity contribution in [3.8, 4) is 16.9 Å². The smallest absolute Gasteiger partial charge is 0.406 e. The average Bonchev–Trinajstić information content (AvgIpc) is 2.37. The number of ether oxygens (including phenoxy) is 1. The molecular weight excluding hydrogens is 295 g/mol. The van der Waals surface area contributed by atoms with Crippen LogP contribution in [0.25, 0.3) is 11.1 Å². The van der Waals surface area contributed by atoms with Gasteiger partial charge in [-0.2, -0.15) is 0 Å². The largest absolute Gasteiger partial charge is 0.573 e. The number of pyridine rings is 1. The van der Waals surface area contributed by atoms with Crippen molar-refractivity contribution >= 4 is 17.9 Å². The Labute approximate surface area is 117 Å². The summed E-state index contributed by atoms with van der Waals surface area (Å²) in [6.45, 7) is 0. The van der Waals surface area contributed by atoms with Crippen LogP contribution in [0.3, 0.4) is 0 Å². The van der Waals surface area contributed by atoms with Crippen molar-refractivity contribution in [3.05, 3.63) is 47.2 Å². The molecular formula is C13H7ClF3NO2. The van der Waals surface area contributed by atoms with Gasteiger partial charge >= 0.3 is 6.36 Å². The van der Waals surface area contributed by atoms with Crippen LogP contribution in [0.4, 0.5) is 13.2 Å². The SMILES string of the molecule is O=Cc1ncc(-c2cccc(OC(F)(F)F)c2)cc1Cl. The number of hydrogen-bond acceptors (Lipinski definition) is 3. The zero-order valence-electron chi connectivity index (χ0n) is 9.82. The maximum absolute atomic E-state index is 12.1. The third-order valence-electron chi connectivity index (χ3n) is 2.38. The van der Waals surface area contributed by atoms with E-state index >= 15 is 0 Å². The highest BCUT2D eigenvalue weighted by Crippen LogP contribution is 2.29.